The van der Waals surface area contributed by atoms with Crippen molar-refractivity contribution in [3.05, 3.63) is 24.3 Å². The number of nitrogens with one attached hydrogen (secondary N) is 1. The number of nitrogens with zero attached hydrogens (tertiary/aromatic N) is 2. The van der Waals surface area contributed by atoms with Crippen molar-refractivity contribution < 1.29 is 8.95 Å². The van der Waals surface area contributed by atoms with Gasteiger partial charge in [0.15, 0.2) is 0 Å². The predicted molar refractivity (Wildman–Crippen MR) is 73.6 cm³/mol. The molecule has 1 unspecified atom stereocenters. The standard InChI is InChI=1S/C12H19N3O2S/c1-17-12-5-3-4-11(10-12)14-6-8-15(9-7-14)18(2,13)16/h3-5,10,13H,6-9H2,1-2H3. The van der Waals surface area contributed by atoms with Crippen LogP contribution >= 0.6 is 0 Å². The Kier molecular flexibility index (Phi) is 3.77. The summed E-state index contributed by atoms with van der Waals surface area (Å²) in [5.74, 6) is 0.842. The van der Waals surface area contributed by atoms with Crippen molar-refractivity contribution in [3.63, 3.8) is 0 Å². The van der Waals surface area contributed by atoms with E-state index in [0.29, 0.717) is 13.1 Å². The molecule has 100 valence electrons. The summed E-state index contributed by atoms with van der Waals surface area (Å²) in [6, 6.07) is 7.93. The lowest BCUT2D eigenvalue weighted by Crippen LogP contribution is -2.48. The fraction of sp³-hybridized carbons (Fsp3) is 0.500. The van der Waals surface area contributed by atoms with Gasteiger partial charge in [-0.15, -0.1) is 0 Å². The number of anilines is 1. The molecule has 1 aromatic carbocycles. The van der Waals surface area contributed by atoms with E-state index in [1.165, 1.54) is 6.26 Å². The van der Waals surface area contributed by atoms with Crippen molar-refractivity contribution in [2.24, 2.45) is 0 Å². The molecule has 0 aliphatic carbocycles. The maximum absolute atomic E-state index is 11.6. The minimum atomic E-state index is -2.56. The first-order valence-corrected chi connectivity index (χ1v) is 7.81. The molecule has 1 saturated heterocycles. The van der Waals surface area contributed by atoms with E-state index in [1.54, 1.807) is 11.4 Å². The van der Waals surface area contributed by atoms with E-state index in [2.05, 4.69) is 4.90 Å². The Bertz CT molecular complexity index is 508. The highest BCUT2D eigenvalue weighted by Gasteiger charge is 2.21. The van der Waals surface area contributed by atoms with Gasteiger partial charge in [0.2, 0.25) is 0 Å². The van der Waals surface area contributed by atoms with Crippen molar-refractivity contribution in [1.82, 2.24) is 4.31 Å². The molecule has 1 aliphatic rings. The second-order valence-electron chi connectivity index (χ2n) is 4.42. The third-order valence-electron chi connectivity index (χ3n) is 3.15. The lowest BCUT2D eigenvalue weighted by molar-refractivity contribution is 0.403. The van der Waals surface area contributed by atoms with Crippen LogP contribution in [0.15, 0.2) is 24.3 Å². The lowest BCUT2D eigenvalue weighted by Gasteiger charge is -2.35. The smallest absolute Gasteiger partial charge is 0.120 e. The highest BCUT2D eigenvalue weighted by atomic mass is 32.2. The summed E-state index contributed by atoms with van der Waals surface area (Å²) in [6.45, 7) is 2.90. The molecule has 1 atom stereocenters. The number of ether oxygens (including phenoxy) is 1. The van der Waals surface area contributed by atoms with E-state index in [4.69, 9.17) is 9.52 Å². The first-order valence-electron chi connectivity index (χ1n) is 5.88. The minimum absolute atomic E-state index is 0.663. The zero-order valence-corrected chi connectivity index (χ0v) is 11.6. The van der Waals surface area contributed by atoms with Crippen molar-refractivity contribution in [2.75, 3.05) is 44.4 Å². The number of benzene rings is 1. The Morgan fingerprint density at radius 3 is 2.50 bits per heavy atom. The van der Waals surface area contributed by atoms with Crippen LogP contribution in [0.1, 0.15) is 0 Å². The van der Waals surface area contributed by atoms with Crippen LogP contribution < -0.4 is 9.64 Å². The molecule has 2 rings (SSSR count). The average molecular weight is 269 g/mol. The Hall–Kier alpha value is -1.27. The van der Waals surface area contributed by atoms with Crippen LogP contribution in [0.3, 0.4) is 0 Å². The van der Waals surface area contributed by atoms with Gasteiger partial charge in [-0.25, -0.2) is 13.3 Å². The number of hydrogen-bond acceptors (Lipinski definition) is 4. The van der Waals surface area contributed by atoms with Crippen molar-refractivity contribution in [2.45, 2.75) is 0 Å². The molecule has 0 radical (unpaired) electrons. The molecule has 0 bridgehead atoms. The van der Waals surface area contributed by atoms with Crippen LogP contribution in [0, 0.1) is 4.78 Å². The Morgan fingerprint density at radius 2 is 1.94 bits per heavy atom. The largest absolute Gasteiger partial charge is 0.497 e. The molecule has 1 aliphatic heterocycles. The highest BCUT2D eigenvalue weighted by Crippen LogP contribution is 2.22. The minimum Gasteiger partial charge on any atom is -0.497 e. The van der Waals surface area contributed by atoms with Crippen LogP contribution in [-0.2, 0) is 9.92 Å². The van der Waals surface area contributed by atoms with Gasteiger partial charge in [-0.05, 0) is 12.1 Å². The van der Waals surface area contributed by atoms with Gasteiger partial charge in [-0.3, -0.25) is 0 Å². The van der Waals surface area contributed by atoms with E-state index in [0.717, 1.165) is 24.5 Å². The summed E-state index contributed by atoms with van der Waals surface area (Å²) in [5, 5.41) is 0. The summed E-state index contributed by atoms with van der Waals surface area (Å²) in [4.78, 5) is 2.23. The fourth-order valence-corrected chi connectivity index (χ4v) is 2.96. The summed E-state index contributed by atoms with van der Waals surface area (Å²) >= 11 is 0. The van der Waals surface area contributed by atoms with Crippen molar-refractivity contribution in [1.29, 1.82) is 4.78 Å². The van der Waals surface area contributed by atoms with Crippen LogP contribution in [0.5, 0.6) is 5.75 Å². The Morgan fingerprint density at radius 1 is 1.28 bits per heavy atom. The summed E-state index contributed by atoms with van der Waals surface area (Å²) in [7, 11) is -0.906. The number of methoxy groups -OCH3 is 1. The molecule has 1 fully saturated rings. The van der Waals surface area contributed by atoms with Crippen LogP contribution in [0.2, 0.25) is 0 Å². The molecule has 6 heteroatoms. The van der Waals surface area contributed by atoms with Crippen LogP contribution in [0.25, 0.3) is 0 Å². The topological polar surface area (TPSA) is 56.6 Å². The quantitative estimate of drug-likeness (QED) is 0.902. The van der Waals surface area contributed by atoms with Gasteiger partial charge < -0.3 is 9.64 Å². The van der Waals surface area contributed by atoms with Crippen LogP contribution in [0.4, 0.5) is 5.69 Å². The molecular weight excluding hydrogens is 250 g/mol. The summed E-state index contributed by atoms with van der Waals surface area (Å²) in [5.41, 5.74) is 1.11. The molecule has 18 heavy (non-hydrogen) atoms. The maximum Gasteiger partial charge on any atom is 0.120 e. The molecule has 1 heterocycles. The maximum atomic E-state index is 11.6. The first-order chi connectivity index (χ1) is 8.50. The third kappa shape index (κ3) is 2.94. The Labute approximate surface area is 108 Å². The molecule has 5 nitrogen and oxygen atoms in total. The van der Waals surface area contributed by atoms with E-state index in [9.17, 15) is 4.21 Å². The van der Waals surface area contributed by atoms with Gasteiger partial charge in [-0.1, -0.05) is 6.07 Å². The molecule has 0 spiro atoms. The molecule has 1 aromatic rings. The number of rotatable bonds is 3. The molecule has 0 amide bonds. The number of hydrogen-bond donors (Lipinski definition) is 1. The van der Waals surface area contributed by atoms with Crippen molar-refractivity contribution >= 4 is 15.6 Å². The van der Waals surface area contributed by atoms with Gasteiger partial charge in [0.05, 0.1) is 7.11 Å². The SMILES string of the molecule is COc1cccc(N2CCN(S(C)(=N)=O)CC2)c1. The highest BCUT2D eigenvalue weighted by molar-refractivity contribution is 7.89. The molecule has 0 aromatic heterocycles. The number of piperazine rings is 1. The molecular formula is C12H19N3O2S. The molecule has 0 saturated carbocycles. The summed E-state index contributed by atoms with van der Waals surface area (Å²) < 4.78 is 26.2. The fourth-order valence-electron chi connectivity index (χ4n) is 2.10. The van der Waals surface area contributed by atoms with E-state index >= 15 is 0 Å². The normalized spacial score (nSPS) is 20.4. The van der Waals surface area contributed by atoms with Gasteiger partial charge in [-0.2, -0.15) is 0 Å². The lowest BCUT2D eigenvalue weighted by atomic mass is 10.2. The zero-order chi connectivity index (χ0) is 13.2. The Balaban J connectivity index is 2.05. The average Bonchev–Trinajstić information content (AvgIpc) is 2.38. The van der Waals surface area contributed by atoms with Crippen LogP contribution in [-0.4, -0.2) is 48.1 Å². The first kappa shape index (κ1) is 13.2. The second kappa shape index (κ2) is 5.16. The van der Waals surface area contributed by atoms with E-state index in [1.807, 2.05) is 24.3 Å². The summed E-state index contributed by atoms with van der Waals surface area (Å²) in [6.07, 6.45) is 1.48. The zero-order valence-electron chi connectivity index (χ0n) is 10.8. The van der Waals surface area contributed by atoms with E-state index in [-0.39, 0.29) is 0 Å². The monoisotopic (exact) mass is 269 g/mol. The van der Waals surface area contributed by atoms with Gasteiger partial charge in [0, 0.05) is 44.2 Å². The van der Waals surface area contributed by atoms with Gasteiger partial charge >= 0.3 is 0 Å². The second-order valence-corrected chi connectivity index (χ2v) is 6.54. The van der Waals surface area contributed by atoms with E-state index < -0.39 is 9.92 Å². The third-order valence-corrected chi connectivity index (χ3v) is 4.50. The molecule has 1 N–H and O–H groups in total. The van der Waals surface area contributed by atoms with Gasteiger partial charge in [0.25, 0.3) is 0 Å². The van der Waals surface area contributed by atoms with Gasteiger partial charge in [0.1, 0.15) is 15.7 Å². The predicted octanol–water partition coefficient (Wildman–Crippen LogP) is 1.41. The van der Waals surface area contributed by atoms with Crippen molar-refractivity contribution in [3.8, 4) is 5.75 Å².